The van der Waals surface area contributed by atoms with Crippen LogP contribution in [0.2, 0.25) is 0 Å². The lowest BCUT2D eigenvalue weighted by Gasteiger charge is -2.11. The van der Waals surface area contributed by atoms with Gasteiger partial charge in [0.2, 0.25) is 0 Å². The van der Waals surface area contributed by atoms with Gasteiger partial charge < -0.3 is 4.74 Å². The third-order valence-electron chi connectivity index (χ3n) is 3.87. The Labute approximate surface area is 158 Å². The van der Waals surface area contributed by atoms with Crippen LogP contribution < -0.4 is 0 Å². The summed E-state index contributed by atoms with van der Waals surface area (Å²) in [5.74, 6) is -0.488. The molecule has 0 N–H and O–H groups in total. The van der Waals surface area contributed by atoms with Gasteiger partial charge in [0, 0.05) is 12.1 Å². The van der Waals surface area contributed by atoms with Crippen LogP contribution in [-0.2, 0) is 21.8 Å². The number of ether oxygens (including phenoxy) is 1. The number of carbonyl (C=O) groups is 1. The van der Waals surface area contributed by atoms with E-state index in [-0.39, 0.29) is 0 Å². The summed E-state index contributed by atoms with van der Waals surface area (Å²) < 4.78 is 44.3. The first-order valence-electron chi connectivity index (χ1n) is 8.05. The third-order valence-corrected chi connectivity index (χ3v) is 6.06. The maximum absolute atomic E-state index is 13.2. The van der Waals surface area contributed by atoms with Crippen molar-refractivity contribution in [1.82, 2.24) is 0 Å². The third kappa shape index (κ3) is 4.34. The number of alkyl halides is 3. The van der Waals surface area contributed by atoms with Crippen LogP contribution in [0.3, 0.4) is 0 Å². The zero-order valence-corrected chi connectivity index (χ0v) is 15.2. The molecule has 3 rings (SSSR count). The van der Waals surface area contributed by atoms with Crippen LogP contribution >= 0.6 is 0 Å². The van der Waals surface area contributed by atoms with Crippen molar-refractivity contribution >= 4 is 16.9 Å². The summed E-state index contributed by atoms with van der Waals surface area (Å²) in [7, 11) is 0.494. The van der Waals surface area contributed by atoms with E-state index < -0.39 is 28.6 Å². The molecule has 0 aromatic heterocycles. The van der Waals surface area contributed by atoms with E-state index in [1.54, 1.807) is 24.3 Å². The fourth-order valence-corrected chi connectivity index (χ4v) is 4.80. The molecule has 0 heterocycles. The molecule has 0 amide bonds. The number of halogens is 3. The lowest BCUT2D eigenvalue weighted by atomic mass is 10.2. The predicted octanol–water partition coefficient (Wildman–Crippen LogP) is 5.59. The molecule has 3 aromatic rings. The number of hydrogen-bond acceptors (Lipinski definition) is 2. The number of methoxy groups -OCH3 is 1. The van der Waals surface area contributed by atoms with Crippen molar-refractivity contribution < 1.29 is 22.7 Å². The molecule has 0 bridgehead atoms. The molecular weight excluding hydrogens is 373 g/mol. The quantitative estimate of drug-likeness (QED) is 0.430. The smallest absolute Gasteiger partial charge is 0.416 e. The van der Waals surface area contributed by atoms with Gasteiger partial charge in [-0.3, -0.25) is 0 Å². The maximum Gasteiger partial charge on any atom is 0.416 e. The van der Waals surface area contributed by atoms with Crippen LogP contribution in [0.1, 0.15) is 15.9 Å². The van der Waals surface area contributed by atoms with E-state index in [1.165, 1.54) is 19.2 Å². The lowest BCUT2D eigenvalue weighted by Crippen LogP contribution is -2.10. The molecule has 1 unspecified atom stereocenters. The van der Waals surface area contributed by atoms with E-state index in [9.17, 15) is 18.0 Å². The van der Waals surface area contributed by atoms with Gasteiger partial charge in [-0.15, -0.1) is 0 Å². The van der Waals surface area contributed by atoms with E-state index in [0.717, 1.165) is 15.9 Å². The molecule has 0 aliphatic heterocycles. The minimum absolute atomic E-state index is 0.357. The molecule has 2 nitrogen and oxygen atoms in total. The maximum atomic E-state index is 13.2. The molecule has 27 heavy (non-hydrogen) atoms. The molecule has 1 atom stereocenters. The lowest BCUT2D eigenvalue weighted by molar-refractivity contribution is -0.137. The Hall–Kier alpha value is -2.73. The van der Waals surface area contributed by atoms with E-state index in [4.69, 9.17) is 4.74 Å². The molecule has 3 aromatic carbocycles. The largest absolute Gasteiger partial charge is 0.465 e. The monoisotopic (exact) mass is 389 g/mol. The van der Waals surface area contributed by atoms with Crippen LogP contribution in [0.25, 0.3) is 0 Å². The van der Waals surface area contributed by atoms with Gasteiger partial charge >= 0.3 is 12.1 Å². The van der Waals surface area contributed by atoms with Gasteiger partial charge in [-0.05, 0) is 36.4 Å². The number of rotatable bonds is 4. The molecule has 0 radical (unpaired) electrons. The van der Waals surface area contributed by atoms with E-state index in [1.807, 2.05) is 36.4 Å². The average Bonchev–Trinajstić information content (AvgIpc) is 2.68. The topological polar surface area (TPSA) is 26.3 Å². The van der Waals surface area contributed by atoms with Gasteiger partial charge in [0.25, 0.3) is 0 Å². The summed E-state index contributed by atoms with van der Waals surface area (Å²) in [5.41, 5.74) is -0.340. The van der Waals surface area contributed by atoms with Crippen LogP contribution in [0.15, 0.2) is 93.5 Å². The highest BCUT2D eigenvalue weighted by molar-refractivity contribution is 7.97. The Morgan fingerprint density at radius 2 is 1.41 bits per heavy atom. The highest BCUT2D eigenvalue weighted by atomic mass is 32.2. The van der Waals surface area contributed by atoms with E-state index >= 15 is 0 Å². The average molecular weight is 389 g/mol. The second-order valence-corrected chi connectivity index (χ2v) is 7.69. The fourth-order valence-electron chi connectivity index (χ4n) is 2.63. The van der Waals surface area contributed by atoms with Crippen molar-refractivity contribution in [3.8, 4) is 0 Å². The summed E-state index contributed by atoms with van der Waals surface area (Å²) in [5, 5.41) is 0. The van der Waals surface area contributed by atoms with Gasteiger partial charge in [-0.25, -0.2) is 4.79 Å². The predicted molar refractivity (Wildman–Crippen MR) is 97.8 cm³/mol. The van der Waals surface area contributed by atoms with Crippen molar-refractivity contribution in [3.63, 3.8) is 0 Å². The van der Waals surface area contributed by atoms with Crippen molar-refractivity contribution in [2.24, 2.45) is 0 Å². The fraction of sp³-hybridized carbons (Fsp3) is 0.0952. The van der Waals surface area contributed by atoms with Crippen LogP contribution in [0, 0.1) is 0 Å². The van der Waals surface area contributed by atoms with E-state index in [2.05, 4.69) is 0 Å². The molecule has 6 heteroatoms. The summed E-state index contributed by atoms with van der Waals surface area (Å²) in [6.07, 6.45) is -4.42. The normalized spacial score (nSPS) is 12.4. The van der Waals surface area contributed by atoms with Gasteiger partial charge in [-0.1, -0.05) is 30.3 Å². The van der Waals surface area contributed by atoms with Crippen molar-refractivity contribution in [2.75, 3.05) is 7.11 Å². The Morgan fingerprint density at radius 3 is 2.04 bits per heavy atom. The minimum Gasteiger partial charge on any atom is -0.465 e. The first-order chi connectivity index (χ1) is 12.9. The first kappa shape index (κ1) is 19.0. The SMILES string of the molecule is COC(=O)c1cccc([S+](c2ccccc2)c2cccc(C(F)(F)F)c2)c1. The molecule has 0 fully saturated rings. The van der Waals surface area contributed by atoms with Gasteiger partial charge in [0.15, 0.2) is 14.7 Å². The van der Waals surface area contributed by atoms with Gasteiger partial charge in [-0.2, -0.15) is 13.2 Å². The van der Waals surface area contributed by atoms with Crippen molar-refractivity contribution in [2.45, 2.75) is 20.9 Å². The second kappa shape index (κ2) is 7.88. The highest BCUT2D eigenvalue weighted by Gasteiger charge is 2.35. The second-order valence-electron chi connectivity index (χ2n) is 5.66. The summed E-state index contributed by atoms with van der Waals surface area (Å²) in [6, 6.07) is 21.4. The van der Waals surface area contributed by atoms with Gasteiger partial charge in [0.1, 0.15) is 0 Å². The number of benzene rings is 3. The molecule has 0 saturated heterocycles. The molecule has 138 valence electrons. The Morgan fingerprint density at radius 1 is 0.815 bits per heavy atom. The van der Waals surface area contributed by atoms with Gasteiger partial charge in [0.05, 0.1) is 29.1 Å². The van der Waals surface area contributed by atoms with Crippen LogP contribution in [0.4, 0.5) is 13.2 Å². The van der Waals surface area contributed by atoms with Crippen LogP contribution in [-0.4, -0.2) is 13.1 Å². The number of carbonyl (C=O) groups excluding carboxylic acids is 1. The molecular formula is C21H16F3O2S+. The Bertz CT molecular complexity index is 939. The number of hydrogen-bond donors (Lipinski definition) is 0. The summed E-state index contributed by atoms with van der Waals surface area (Å²) in [6.45, 7) is 0. The molecule has 0 aliphatic carbocycles. The van der Waals surface area contributed by atoms with Crippen LogP contribution in [0.5, 0.6) is 0 Å². The van der Waals surface area contributed by atoms with Crippen molar-refractivity contribution in [3.05, 3.63) is 90.0 Å². The minimum atomic E-state index is -4.42. The Kier molecular flexibility index (Phi) is 5.56. The van der Waals surface area contributed by atoms with Crippen molar-refractivity contribution in [1.29, 1.82) is 0 Å². The Balaban J connectivity index is 2.16. The summed E-state index contributed by atoms with van der Waals surface area (Å²) >= 11 is 0. The highest BCUT2D eigenvalue weighted by Crippen LogP contribution is 2.35. The zero-order chi connectivity index (χ0) is 19.4. The molecule has 0 aliphatic rings. The standard InChI is InChI=1S/C21H16F3O2S/c1-26-20(25)15-7-5-11-18(13-15)27(17-9-3-2-4-10-17)19-12-6-8-16(14-19)21(22,23)24/h2-14H,1H3/q+1. The van der Waals surface area contributed by atoms with E-state index in [0.29, 0.717) is 10.5 Å². The summed E-state index contributed by atoms with van der Waals surface area (Å²) in [4.78, 5) is 14.0. The first-order valence-corrected chi connectivity index (χ1v) is 9.27. The zero-order valence-electron chi connectivity index (χ0n) is 14.4. The molecule has 0 spiro atoms. The molecule has 0 saturated carbocycles. The number of esters is 1.